The van der Waals surface area contributed by atoms with E-state index in [9.17, 15) is 23.3 Å². The number of carbonyl (C=O) groups excluding carboxylic acids is 1. The molecule has 11 nitrogen and oxygen atoms in total. The number of nitro benzene ring substituents is 1. The smallest absolute Gasteiger partial charge is 0.270 e. The summed E-state index contributed by atoms with van der Waals surface area (Å²) in [4.78, 5) is 25.6. The third kappa shape index (κ3) is 6.46. The molecule has 198 valence electrons. The number of amides is 1. The molecule has 1 fully saturated rings. The van der Waals surface area contributed by atoms with Crippen LogP contribution in [0.3, 0.4) is 0 Å². The number of hydrogen-bond donors (Lipinski definition) is 1. The van der Waals surface area contributed by atoms with E-state index in [4.69, 9.17) is 16.3 Å². The maximum atomic E-state index is 13.4. The number of hydrogen-bond acceptors (Lipinski definition) is 8. The fraction of sp³-hybridized carbons (Fsp3) is 0.200. The van der Waals surface area contributed by atoms with E-state index >= 15 is 0 Å². The second kappa shape index (κ2) is 12.0. The Bertz CT molecular complexity index is 1450. The molecule has 3 aromatic carbocycles. The number of anilines is 2. The van der Waals surface area contributed by atoms with Gasteiger partial charge < -0.3 is 9.64 Å². The highest BCUT2D eigenvalue weighted by molar-refractivity contribution is 7.92. The lowest BCUT2D eigenvalue weighted by atomic mass is 10.1. The molecule has 1 saturated heterocycles. The van der Waals surface area contributed by atoms with Crippen molar-refractivity contribution in [3.63, 3.8) is 0 Å². The van der Waals surface area contributed by atoms with Crippen molar-refractivity contribution >= 4 is 50.8 Å². The number of benzene rings is 3. The summed E-state index contributed by atoms with van der Waals surface area (Å²) in [6, 6.07) is 18.2. The minimum absolute atomic E-state index is 0.00280. The first-order valence-electron chi connectivity index (χ1n) is 11.5. The number of non-ortho nitro benzene ring substituents is 1. The standard InChI is InChI=1S/C25H24ClN5O6S/c26-20-5-4-6-21(16-20)30(38(35,36)23-7-2-1-3-8-23)18-25(32)28-27-17-19-15-22(31(33)34)9-10-24(19)29-11-13-37-14-12-29/h1-10,15-17H,11-14,18H2,(H,28,32)/b27-17+. The monoisotopic (exact) mass is 557 g/mol. The molecular formula is C25H24ClN5O6S. The van der Waals surface area contributed by atoms with Gasteiger partial charge in [-0.15, -0.1) is 0 Å². The van der Waals surface area contributed by atoms with Gasteiger partial charge in [-0.1, -0.05) is 35.9 Å². The average Bonchev–Trinajstić information content (AvgIpc) is 2.92. The molecule has 1 aliphatic rings. The van der Waals surface area contributed by atoms with Crippen LogP contribution in [-0.2, 0) is 19.6 Å². The summed E-state index contributed by atoms with van der Waals surface area (Å²) < 4.78 is 33.1. The lowest BCUT2D eigenvalue weighted by Gasteiger charge is -2.29. The number of hydrazone groups is 1. The zero-order chi connectivity index (χ0) is 27.1. The van der Waals surface area contributed by atoms with Gasteiger partial charge in [0.1, 0.15) is 6.54 Å². The number of carbonyl (C=O) groups is 1. The summed E-state index contributed by atoms with van der Waals surface area (Å²) in [7, 11) is -4.11. The molecule has 0 radical (unpaired) electrons. The van der Waals surface area contributed by atoms with Crippen molar-refractivity contribution in [3.8, 4) is 0 Å². The summed E-state index contributed by atoms with van der Waals surface area (Å²) in [5.74, 6) is -0.723. The molecule has 1 amide bonds. The van der Waals surface area contributed by atoms with E-state index in [2.05, 4.69) is 10.5 Å². The predicted octanol–water partition coefficient (Wildman–Crippen LogP) is 3.43. The summed E-state index contributed by atoms with van der Waals surface area (Å²) in [5, 5.41) is 15.6. The molecule has 1 aliphatic heterocycles. The normalized spacial score (nSPS) is 13.9. The zero-order valence-electron chi connectivity index (χ0n) is 20.1. The molecule has 0 aliphatic carbocycles. The van der Waals surface area contributed by atoms with Gasteiger partial charge >= 0.3 is 0 Å². The molecule has 4 rings (SSSR count). The minimum Gasteiger partial charge on any atom is -0.378 e. The van der Waals surface area contributed by atoms with E-state index in [0.29, 0.717) is 42.6 Å². The van der Waals surface area contributed by atoms with Crippen LogP contribution in [0.25, 0.3) is 0 Å². The molecule has 1 heterocycles. The van der Waals surface area contributed by atoms with Crippen LogP contribution in [0, 0.1) is 10.1 Å². The Kier molecular flexibility index (Phi) is 8.56. The number of sulfonamides is 1. The van der Waals surface area contributed by atoms with Gasteiger partial charge in [0.05, 0.1) is 34.9 Å². The first kappa shape index (κ1) is 27.0. The Hall–Kier alpha value is -4.00. The van der Waals surface area contributed by atoms with Crippen LogP contribution in [0.4, 0.5) is 17.1 Å². The van der Waals surface area contributed by atoms with E-state index in [1.54, 1.807) is 36.4 Å². The maximum absolute atomic E-state index is 13.4. The largest absolute Gasteiger partial charge is 0.378 e. The molecule has 0 spiro atoms. The van der Waals surface area contributed by atoms with Crippen molar-refractivity contribution in [1.29, 1.82) is 0 Å². The zero-order valence-corrected chi connectivity index (χ0v) is 21.6. The van der Waals surface area contributed by atoms with E-state index in [0.717, 1.165) is 4.31 Å². The van der Waals surface area contributed by atoms with Crippen LogP contribution in [-0.4, -0.2) is 58.3 Å². The Labute approximate surface area is 224 Å². The first-order valence-corrected chi connectivity index (χ1v) is 13.3. The van der Waals surface area contributed by atoms with Gasteiger partial charge in [0.25, 0.3) is 21.6 Å². The number of nitrogens with zero attached hydrogens (tertiary/aromatic N) is 4. The predicted molar refractivity (Wildman–Crippen MR) is 144 cm³/mol. The van der Waals surface area contributed by atoms with Gasteiger partial charge in [0.15, 0.2) is 0 Å². The Balaban J connectivity index is 1.57. The average molecular weight is 558 g/mol. The molecular weight excluding hydrogens is 534 g/mol. The lowest BCUT2D eigenvalue weighted by molar-refractivity contribution is -0.384. The molecule has 38 heavy (non-hydrogen) atoms. The van der Waals surface area contributed by atoms with Gasteiger partial charge in [-0.3, -0.25) is 19.2 Å². The van der Waals surface area contributed by atoms with Gasteiger partial charge in [-0.2, -0.15) is 5.10 Å². The molecule has 3 aromatic rings. The van der Waals surface area contributed by atoms with Gasteiger partial charge in [0.2, 0.25) is 0 Å². The van der Waals surface area contributed by atoms with Crippen molar-refractivity contribution in [2.24, 2.45) is 5.10 Å². The van der Waals surface area contributed by atoms with Crippen molar-refractivity contribution in [2.75, 3.05) is 42.1 Å². The summed E-state index contributed by atoms with van der Waals surface area (Å²) in [5.41, 5.74) is 3.52. The third-order valence-corrected chi connectivity index (χ3v) is 7.70. The molecule has 0 aromatic heterocycles. The highest BCUT2D eigenvalue weighted by atomic mass is 35.5. The number of halogens is 1. The fourth-order valence-corrected chi connectivity index (χ4v) is 5.48. The highest BCUT2D eigenvalue weighted by Crippen LogP contribution is 2.27. The minimum atomic E-state index is -4.11. The Morgan fingerprint density at radius 1 is 1.11 bits per heavy atom. The van der Waals surface area contributed by atoms with E-state index in [1.807, 2.05) is 4.90 Å². The fourth-order valence-electron chi connectivity index (χ4n) is 3.86. The van der Waals surface area contributed by atoms with Crippen LogP contribution < -0.4 is 14.6 Å². The molecule has 13 heteroatoms. The van der Waals surface area contributed by atoms with Crippen molar-refractivity contribution in [3.05, 3.63) is 93.5 Å². The van der Waals surface area contributed by atoms with Crippen LogP contribution >= 0.6 is 11.6 Å². The molecule has 0 unspecified atom stereocenters. The number of rotatable bonds is 9. The second-order valence-electron chi connectivity index (χ2n) is 8.20. The van der Waals surface area contributed by atoms with Crippen LogP contribution in [0.5, 0.6) is 0 Å². The lowest BCUT2D eigenvalue weighted by Crippen LogP contribution is -2.39. The molecule has 1 N–H and O–H groups in total. The topological polar surface area (TPSA) is 134 Å². The molecule has 0 bridgehead atoms. The summed E-state index contributed by atoms with van der Waals surface area (Å²) in [6.07, 6.45) is 1.30. The molecule has 0 atom stereocenters. The van der Waals surface area contributed by atoms with Gasteiger partial charge in [-0.05, 0) is 36.4 Å². The number of ether oxygens (including phenoxy) is 1. The van der Waals surface area contributed by atoms with Crippen LogP contribution in [0.1, 0.15) is 5.56 Å². The van der Waals surface area contributed by atoms with E-state index in [1.165, 1.54) is 42.6 Å². The van der Waals surface area contributed by atoms with Gasteiger partial charge in [0, 0.05) is 41.5 Å². The maximum Gasteiger partial charge on any atom is 0.270 e. The second-order valence-corrected chi connectivity index (χ2v) is 10.5. The van der Waals surface area contributed by atoms with E-state index in [-0.39, 0.29) is 16.3 Å². The summed E-state index contributed by atoms with van der Waals surface area (Å²) in [6.45, 7) is 1.63. The number of nitrogens with one attached hydrogen (secondary N) is 1. The highest BCUT2D eigenvalue weighted by Gasteiger charge is 2.27. The number of morpholine rings is 1. The third-order valence-electron chi connectivity index (χ3n) is 5.68. The van der Waals surface area contributed by atoms with E-state index < -0.39 is 27.4 Å². The summed E-state index contributed by atoms with van der Waals surface area (Å²) >= 11 is 6.08. The molecule has 0 saturated carbocycles. The first-order chi connectivity index (χ1) is 18.3. The van der Waals surface area contributed by atoms with Crippen molar-refractivity contribution in [2.45, 2.75) is 4.90 Å². The van der Waals surface area contributed by atoms with Crippen molar-refractivity contribution < 1.29 is 22.9 Å². The Morgan fingerprint density at radius 3 is 2.53 bits per heavy atom. The van der Waals surface area contributed by atoms with Gasteiger partial charge in [-0.25, -0.2) is 13.8 Å². The van der Waals surface area contributed by atoms with Crippen molar-refractivity contribution in [1.82, 2.24) is 5.43 Å². The Morgan fingerprint density at radius 2 is 1.84 bits per heavy atom. The van der Waals surface area contributed by atoms with Crippen LogP contribution in [0.2, 0.25) is 5.02 Å². The van der Waals surface area contributed by atoms with Crippen LogP contribution in [0.15, 0.2) is 82.8 Å². The SMILES string of the molecule is O=C(CN(c1cccc(Cl)c1)S(=O)(=O)c1ccccc1)N/N=C/c1cc([N+](=O)[O-])ccc1N1CCOCC1. The quantitative estimate of drug-likeness (QED) is 0.242. The number of nitro groups is 1.